The highest BCUT2D eigenvalue weighted by molar-refractivity contribution is 5.64. The summed E-state index contributed by atoms with van der Waals surface area (Å²) >= 11 is 0. The van der Waals surface area contributed by atoms with Gasteiger partial charge in [-0.05, 0) is 54.0 Å². The molecule has 0 radical (unpaired) electrons. The predicted molar refractivity (Wildman–Crippen MR) is 122 cm³/mol. The molecule has 1 fully saturated rings. The summed E-state index contributed by atoms with van der Waals surface area (Å²) in [6, 6.07) is 7.57. The maximum Gasteiger partial charge on any atom is 0.223 e. The number of aromatic nitrogens is 6. The molecule has 9 heteroatoms. The molecule has 2 atom stereocenters. The van der Waals surface area contributed by atoms with E-state index in [0.717, 1.165) is 35.6 Å². The van der Waals surface area contributed by atoms with Gasteiger partial charge in [0.25, 0.3) is 0 Å². The Labute approximate surface area is 195 Å². The van der Waals surface area contributed by atoms with Gasteiger partial charge in [0, 0.05) is 18.6 Å². The Hall–Kier alpha value is -3.75. The van der Waals surface area contributed by atoms with Crippen LogP contribution in [0.1, 0.15) is 55.4 Å². The van der Waals surface area contributed by atoms with Gasteiger partial charge in [0.05, 0.1) is 34.6 Å². The number of nitrogens with zero attached hydrogens (tertiary/aromatic N) is 5. The molecule has 2 bridgehead atoms. The zero-order chi connectivity index (χ0) is 23.5. The van der Waals surface area contributed by atoms with Crippen LogP contribution in [-0.2, 0) is 12.0 Å². The monoisotopic (exact) mass is 459 g/mol. The average molecular weight is 460 g/mol. The molecule has 2 N–H and O–H groups in total. The fraction of sp³-hybridized carbons (Fsp3) is 0.320. The van der Waals surface area contributed by atoms with Gasteiger partial charge in [-0.25, -0.2) is 23.7 Å². The summed E-state index contributed by atoms with van der Waals surface area (Å²) < 4.78 is 28.9. The maximum atomic E-state index is 14.4. The van der Waals surface area contributed by atoms with Crippen molar-refractivity contribution in [3.05, 3.63) is 83.3 Å². The van der Waals surface area contributed by atoms with Crippen LogP contribution < -0.4 is 5.32 Å². The minimum absolute atomic E-state index is 0.140. The molecule has 172 valence electrons. The lowest BCUT2D eigenvalue weighted by atomic mass is 9.66. The van der Waals surface area contributed by atoms with E-state index in [1.807, 2.05) is 12.1 Å². The third-order valence-corrected chi connectivity index (χ3v) is 7.66. The Morgan fingerprint density at radius 3 is 2.68 bits per heavy atom. The summed E-state index contributed by atoms with van der Waals surface area (Å²) in [5.74, 6) is 0.192. The van der Waals surface area contributed by atoms with E-state index in [1.165, 1.54) is 18.2 Å². The number of anilines is 1. The van der Waals surface area contributed by atoms with Gasteiger partial charge in [0.1, 0.15) is 17.5 Å². The molecule has 1 saturated carbocycles. The molecule has 2 aliphatic rings. The van der Waals surface area contributed by atoms with Gasteiger partial charge in [-0.15, -0.1) is 5.10 Å². The van der Waals surface area contributed by atoms with Crippen LogP contribution in [0.15, 0.2) is 48.9 Å². The molecule has 4 aromatic rings. The van der Waals surface area contributed by atoms with Crippen molar-refractivity contribution in [1.29, 1.82) is 0 Å². The van der Waals surface area contributed by atoms with Gasteiger partial charge in [-0.3, -0.25) is 0 Å². The minimum atomic E-state index is -0.644. The largest absolute Gasteiger partial charge is 0.347 e. The van der Waals surface area contributed by atoms with Gasteiger partial charge >= 0.3 is 0 Å². The van der Waals surface area contributed by atoms with E-state index in [-0.39, 0.29) is 22.6 Å². The zero-order valence-corrected chi connectivity index (χ0v) is 18.8. The molecule has 34 heavy (non-hydrogen) atoms. The first-order valence-corrected chi connectivity index (χ1v) is 11.3. The summed E-state index contributed by atoms with van der Waals surface area (Å²) in [5.41, 5.74) is 2.11. The number of hydrogen-bond donors (Lipinski definition) is 2. The van der Waals surface area contributed by atoms with E-state index in [9.17, 15) is 8.78 Å². The third kappa shape index (κ3) is 2.82. The van der Waals surface area contributed by atoms with Crippen LogP contribution >= 0.6 is 0 Å². The van der Waals surface area contributed by atoms with E-state index < -0.39 is 17.0 Å². The number of rotatable bonds is 5. The Kier molecular flexibility index (Phi) is 4.52. The molecule has 7 nitrogen and oxygen atoms in total. The zero-order valence-electron chi connectivity index (χ0n) is 18.8. The molecular weight excluding hydrogens is 436 g/mol. The summed E-state index contributed by atoms with van der Waals surface area (Å²) in [5, 5.41) is 12.1. The lowest BCUT2D eigenvalue weighted by molar-refractivity contribution is 0.243. The van der Waals surface area contributed by atoms with Crippen molar-refractivity contribution in [2.45, 2.75) is 44.6 Å². The first-order valence-electron chi connectivity index (χ1n) is 11.3. The molecule has 0 spiro atoms. The summed E-state index contributed by atoms with van der Waals surface area (Å²) in [6.45, 7) is 4.91. The quantitative estimate of drug-likeness (QED) is 0.448. The number of aromatic amines is 1. The number of benzene rings is 1. The van der Waals surface area contributed by atoms with Crippen LogP contribution in [-0.4, -0.2) is 30.1 Å². The molecule has 2 aliphatic carbocycles. The van der Waals surface area contributed by atoms with Gasteiger partial charge in [0.15, 0.2) is 0 Å². The van der Waals surface area contributed by atoms with E-state index in [0.29, 0.717) is 12.5 Å². The van der Waals surface area contributed by atoms with Crippen LogP contribution in [0.3, 0.4) is 0 Å². The lowest BCUT2D eigenvalue weighted by Gasteiger charge is -2.37. The van der Waals surface area contributed by atoms with Crippen LogP contribution in [0.4, 0.5) is 14.7 Å². The summed E-state index contributed by atoms with van der Waals surface area (Å²) in [7, 11) is 0. The van der Waals surface area contributed by atoms with Crippen LogP contribution in [0, 0.1) is 17.0 Å². The Balaban J connectivity index is 1.43. The van der Waals surface area contributed by atoms with Crippen LogP contribution in [0.2, 0.25) is 0 Å². The standard InChI is InChI=1S/C25H23F2N7/c1-24(2)15-6-8-25(24,19-7-9-30-23(32-19)31-13-20-28-10-11-29-20)22-14(15)12-18(33-34-22)21-16(26)4-3-5-17(21)27/h3-5,7,9-12,15H,6,8,13H2,1-2H3,(H,28,29)(H,30,31,32)/t15-,25-/m0/s1. The fourth-order valence-corrected chi connectivity index (χ4v) is 6.00. The van der Waals surface area contributed by atoms with Gasteiger partial charge < -0.3 is 10.3 Å². The first-order chi connectivity index (χ1) is 16.4. The minimum Gasteiger partial charge on any atom is -0.347 e. The van der Waals surface area contributed by atoms with Gasteiger partial charge in [-0.2, -0.15) is 5.10 Å². The SMILES string of the molecule is CC1(C)[C@H]2CC[C@]1(c1ccnc(NCc3ncc[nH]3)n1)c1nnc(-c3c(F)cccc3F)cc12. The number of imidazole rings is 1. The molecule has 0 amide bonds. The highest BCUT2D eigenvalue weighted by Gasteiger charge is 2.65. The van der Waals surface area contributed by atoms with Crippen LogP contribution in [0.25, 0.3) is 11.3 Å². The van der Waals surface area contributed by atoms with E-state index >= 15 is 0 Å². The first kappa shape index (κ1) is 20.8. The van der Waals surface area contributed by atoms with E-state index in [4.69, 9.17) is 4.98 Å². The van der Waals surface area contributed by atoms with Crippen molar-refractivity contribution in [3.63, 3.8) is 0 Å². The Morgan fingerprint density at radius 1 is 1.09 bits per heavy atom. The van der Waals surface area contributed by atoms with Gasteiger partial charge in [0.2, 0.25) is 5.95 Å². The normalized spacial score (nSPS) is 22.1. The van der Waals surface area contributed by atoms with Gasteiger partial charge in [-0.1, -0.05) is 19.9 Å². The molecule has 3 heterocycles. The number of halogens is 2. The number of fused-ring (bicyclic) bond motifs is 5. The van der Waals surface area contributed by atoms with Crippen LogP contribution in [0.5, 0.6) is 0 Å². The second-order valence-electron chi connectivity index (χ2n) is 9.50. The van der Waals surface area contributed by atoms with Crippen molar-refractivity contribution in [2.24, 2.45) is 5.41 Å². The molecule has 0 saturated heterocycles. The molecule has 0 aliphatic heterocycles. The van der Waals surface area contributed by atoms with Crippen molar-refractivity contribution < 1.29 is 8.78 Å². The van der Waals surface area contributed by atoms with Crippen molar-refractivity contribution >= 4 is 5.95 Å². The number of nitrogens with one attached hydrogen (secondary N) is 2. The average Bonchev–Trinajstić information content (AvgIpc) is 3.49. The maximum absolute atomic E-state index is 14.4. The summed E-state index contributed by atoms with van der Waals surface area (Å²) in [4.78, 5) is 16.5. The highest BCUT2D eigenvalue weighted by Crippen LogP contribution is 2.69. The van der Waals surface area contributed by atoms with Crippen molar-refractivity contribution in [1.82, 2.24) is 30.1 Å². The molecule has 1 aromatic carbocycles. The number of hydrogen-bond acceptors (Lipinski definition) is 6. The topological polar surface area (TPSA) is 92.3 Å². The molecular formula is C25H23F2N7. The summed E-state index contributed by atoms with van der Waals surface area (Å²) in [6.07, 6.45) is 7.02. The molecule has 0 unspecified atom stereocenters. The van der Waals surface area contributed by atoms with Crippen molar-refractivity contribution in [2.75, 3.05) is 5.32 Å². The lowest BCUT2D eigenvalue weighted by Crippen LogP contribution is -2.38. The predicted octanol–water partition coefficient (Wildman–Crippen LogP) is 4.75. The third-order valence-electron chi connectivity index (χ3n) is 7.66. The Bertz CT molecular complexity index is 1370. The second kappa shape index (κ2) is 7.38. The van der Waals surface area contributed by atoms with E-state index in [1.54, 1.807) is 18.6 Å². The smallest absolute Gasteiger partial charge is 0.223 e. The molecule has 3 aromatic heterocycles. The number of H-pyrrole nitrogens is 1. The molecule has 6 rings (SSSR count). The highest BCUT2D eigenvalue weighted by atomic mass is 19.1. The second-order valence-corrected chi connectivity index (χ2v) is 9.50. The van der Waals surface area contributed by atoms with E-state index in [2.05, 4.69) is 44.3 Å². The Morgan fingerprint density at radius 2 is 1.91 bits per heavy atom. The fourth-order valence-electron chi connectivity index (χ4n) is 6.00. The van der Waals surface area contributed by atoms with Crippen molar-refractivity contribution in [3.8, 4) is 11.3 Å².